The van der Waals surface area contributed by atoms with Gasteiger partial charge in [0.05, 0.1) is 18.7 Å². The van der Waals surface area contributed by atoms with E-state index in [9.17, 15) is 18.0 Å². The van der Waals surface area contributed by atoms with Gasteiger partial charge >= 0.3 is 6.18 Å². The van der Waals surface area contributed by atoms with Crippen LogP contribution in [0.2, 0.25) is 0 Å². The van der Waals surface area contributed by atoms with Crippen LogP contribution in [0, 0.1) is 0 Å². The molecule has 0 aliphatic heterocycles. The Morgan fingerprint density at radius 3 is 2.33 bits per heavy atom. The maximum atomic E-state index is 12.8. The van der Waals surface area contributed by atoms with E-state index in [0.29, 0.717) is 24.6 Å². The molecule has 30 heavy (non-hydrogen) atoms. The second-order valence-corrected chi connectivity index (χ2v) is 6.33. The highest BCUT2D eigenvalue weighted by Crippen LogP contribution is 2.29. The van der Waals surface area contributed by atoms with Crippen molar-refractivity contribution < 1.29 is 18.0 Å². The fraction of sp³-hybridized carbons (Fsp3) is 0.333. The van der Waals surface area contributed by atoms with E-state index in [4.69, 9.17) is 0 Å². The van der Waals surface area contributed by atoms with E-state index in [-0.39, 0.29) is 43.0 Å². The summed E-state index contributed by atoms with van der Waals surface area (Å²) in [7, 11) is 0. The first-order valence-electron chi connectivity index (χ1n) is 9.37. The van der Waals surface area contributed by atoms with Gasteiger partial charge in [-0.1, -0.05) is 42.5 Å². The summed E-state index contributed by atoms with van der Waals surface area (Å²) in [5.41, 5.74) is 0.863. The Morgan fingerprint density at radius 1 is 0.967 bits per heavy atom. The van der Waals surface area contributed by atoms with Crippen molar-refractivity contribution in [3.8, 4) is 0 Å². The smallest absolute Gasteiger partial charge is 0.357 e. The number of halogens is 4. The molecule has 9 heteroatoms. The number of nitrogens with zero attached hydrogens (tertiary/aromatic N) is 1. The summed E-state index contributed by atoms with van der Waals surface area (Å²) in [5.74, 6) is 0.175. The van der Waals surface area contributed by atoms with Gasteiger partial charge in [0.15, 0.2) is 5.96 Å². The van der Waals surface area contributed by atoms with Crippen LogP contribution in [-0.2, 0) is 23.9 Å². The number of benzene rings is 2. The Bertz CT molecular complexity index is 813. The predicted octanol–water partition coefficient (Wildman–Crippen LogP) is 3.74. The van der Waals surface area contributed by atoms with E-state index in [0.717, 1.165) is 24.1 Å². The summed E-state index contributed by atoms with van der Waals surface area (Å²) in [6, 6.07) is 14.9. The quantitative estimate of drug-likeness (QED) is 0.275. The van der Waals surface area contributed by atoms with Crippen LogP contribution in [0.3, 0.4) is 0 Å². The molecule has 5 nitrogen and oxygen atoms in total. The molecule has 0 aromatic heterocycles. The van der Waals surface area contributed by atoms with Gasteiger partial charge in [-0.15, -0.1) is 24.0 Å². The van der Waals surface area contributed by atoms with Crippen LogP contribution in [0.4, 0.5) is 13.2 Å². The number of hydrogen-bond donors (Lipinski definition) is 3. The third-order valence-electron chi connectivity index (χ3n) is 4.01. The van der Waals surface area contributed by atoms with Gasteiger partial charge in [-0.2, -0.15) is 13.2 Å². The van der Waals surface area contributed by atoms with Crippen molar-refractivity contribution in [2.75, 3.05) is 19.6 Å². The van der Waals surface area contributed by atoms with Gasteiger partial charge in [0.1, 0.15) is 0 Å². The molecule has 0 fully saturated rings. The van der Waals surface area contributed by atoms with Crippen LogP contribution in [0.1, 0.15) is 23.6 Å². The zero-order chi connectivity index (χ0) is 21.1. The van der Waals surface area contributed by atoms with E-state index < -0.39 is 11.7 Å². The fourth-order valence-corrected chi connectivity index (χ4v) is 2.58. The lowest BCUT2D eigenvalue weighted by Crippen LogP contribution is -2.43. The number of rotatable bonds is 8. The SMILES string of the molecule is CCNC(=NCc1cccc(C(F)(F)F)c1)NCC(=O)NCCc1ccccc1.I. The second-order valence-electron chi connectivity index (χ2n) is 6.33. The van der Waals surface area contributed by atoms with Crippen molar-refractivity contribution in [3.05, 3.63) is 71.3 Å². The maximum absolute atomic E-state index is 12.8. The lowest BCUT2D eigenvalue weighted by molar-refractivity contribution is -0.137. The van der Waals surface area contributed by atoms with Crippen LogP contribution in [0.25, 0.3) is 0 Å². The van der Waals surface area contributed by atoms with E-state index in [1.54, 1.807) is 6.07 Å². The summed E-state index contributed by atoms with van der Waals surface area (Å²) in [6.07, 6.45) is -3.66. The average Bonchev–Trinajstić information content (AvgIpc) is 2.70. The molecular weight excluding hydrogens is 508 g/mol. The number of amides is 1. The van der Waals surface area contributed by atoms with E-state index in [1.165, 1.54) is 6.07 Å². The molecule has 0 bridgehead atoms. The van der Waals surface area contributed by atoms with Crippen molar-refractivity contribution in [2.45, 2.75) is 26.1 Å². The van der Waals surface area contributed by atoms with Gasteiger partial charge in [0, 0.05) is 13.1 Å². The number of hydrogen-bond acceptors (Lipinski definition) is 2. The molecule has 164 valence electrons. The number of guanidine groups is 1. The van der Waals surface area contributed by atoms with Crippen molar-refractivity contribution in [2.24, 2.45) is 4.99 Å². The minimum absolute atomic E-state index is 0. The molecule has 0 heterocycles. The lowest BCUT2D eigenvalue weighted by atomic mass is 10.1. The second kappa shape index (κ2) is 13.1. The molecule has 0 aliphatic carbocycles. The Kier molecular flexibility index (Phi) is 11.2. The van der Waals surface area contributed by atoms with E-state index in [2.05, 4.69) is 20.9 Å². The summed E-state index contributed by atoms with van der Waals surface area (Å²) in [4.78, 5) is 16.2. The highest BCUT2D eigenvalue weighted by molar-refractivity contribution is 14.0. The highest BCUT2D eigenvalue weighted by atomic mass is 127. The number of carbonyl (C=O) groups excluding carboxylic acids is 1. The third kappa shape index (κ3) is 9.47. The number of aliphatic imine (C=N–C) groups is 1. The van der Waals surface area contributed by atoms with Gasteiger partial charge in [-0.05, 0) is 36.6 Å². The highest BCUT2D eigenvalue weighted by Gasteiger charge is 2.30. The lowest BCUT2D eigenvalue weighted by Gasteiger charge is -2.12. The molecule has 1 amide bonds. The molecule has 2 rings (SSSR count). The normalized spacial score (nSPS) is 11.4. The molecule has 0 radical (unpaired) electrons. The van der Waals surface area contributed by atoms with Gasteiger partial charge in [-0.25, -0.2) is 4.99 Å². The molecule has 0 spiro atoms. The first-order valence-corrected chi connectivity index (χ1v) is 9.37. The molecule has 2 aromatic rings. The van der Waals surface area contributed by atoms with Crippen LogP contribution < -0.4 is 16.0 Å². The monoisotopic (exact) mass is 534 g/mol. The minimum atomic E-state index is -4.39. The Balaban J connectivity index is 0.00000450. The molecule has 0 saturated heterocycles. The van der Waals surface area contributed by atoms with E-state index >= 15 is 0 Å². The topological polar surface area (TPSA) is 65.5 Å². The fourth-order valence-electron chi connectivity index (χ4n) is 2.58. The summed E-state index contributed by atoms with van der Waals surface area (Å²) >= 11 is 0. The number of carbonyl (C=O) groups is 1. The third-order valence-corrected chi connectivity index (χ3v) is 4.01. The maximum Gasteiger partial charge on any atom is 0.416 e. The Labute approximate surface area is 191 Å². The largest absolute Gasteiger partial charge is 0.416 e. The molecule has 2 aromatic carbocycles. The van der Waals surface area contributed by atoms with E-state index in [1.807, 2.05) is 37.3 Å². The minimum Gasteiger partial charge on any atom is -0.357 e. The van der Waals surface area contributed by atoms with Crippen molar-refractivity contribution in [3.63, 3.8) is 0 Å². The number of nitrogens with one attached hydrogen (secondary N) is 3. The van der Waals surface area contributed by atoms with Gasteiger partial charge in [0.25, 0.3) is 0 Å². The van der Waals surface area contributed by atoms with Crippen LogP contribution >= 0.6 is 24.0 Å². The molecule has 0 aliphatic rings. The standard InChI is InChI=1S/C21H25F3N4O.HI/c1-2-25-20(27-14-17-9-6-10-18(13-17)21(22,23)24)28-15-19(29)26-12-11-16-7-4-3-5-8-16;/h3-10,13H,2,11-12,14-15H2,1H3,(H,26,29)(H2,25,27,28);1H. The summed E-state index contributed by atoms with van der Waals surface area (Å²) in [6.45, 7) is 3.02. The molecule has 0 atom stereocenters. The summed E-state index contributed by atoms with van der Waals surface area (Å²) in [5, 5.41) is 8.68. The molecular formula is C21H26F3IN4O. The Morgan fingerprint density at radius 2 is 1.67 bits per heavy atom. The summed E-state index contributed by atoms with van der Waals surface area (Å²) < 4.78 is 38.4. The zero-order valence-corrected chi connectivity index (χ0v) is 19.0. The van der Waals surface area contributed by atoms with Gasteiger partial charge < -0.3 is 16.0 Å². The predicted molar refractivity (Wildman–Crippen MR) is 123 cm³/mol. The number of alkyl halides is 3. The van der Waals surface area contributed by atoms with Crippen molar-refractivity contribution in [1.82, 2.24) is 16.0 Å². The van der Waals surface area contributed by atoms with Crippen LogP contribution in [-0.4, -0.2) is 31.5 Å². The van der Waals surface area contributed by atoms with Crippen molar-refractivity contribution in [1.29, 1.82) is 0 Å². The van der Waals surface area contributed by atoms with Crippen molar-refractivity contribution >= 4 is 35.8 Å². The van der Waals surface area contributed by atoms with Crippen LogP contribution in [0.5, 0.6) is 0 Å². The molecule has 3 N–H and O–H groups in total. The molecule has 0 saturated carbocycles. The zero-order valence-electron chi connectivity index (χ0n) is 16.6. The van der Waals surface area contributed by atoms with Gasteiger partial charge in [-0.3, -0.25) is 4.79 Å². The van der Waals surface area contributed by atoms with Crippen LogP contribution in [0.15, 0.2) is 59.6 Å². The molecule has 0 unspecified atom stereocenters. The average molecular weight is 534 g/mol. The van der Waals surface area contributed by atoms with Gasteiger partial charge in [0.2, 0.25) is 5.91 Å². The Hall–Kier alpha value is -2.30. The first-order chi connectivity index (χ1) is 13.9. The first kappa shape index (κ1) is 25.7.